The predicted octanol–water partition coefficient (Wildman–Crippen LogP) is 6.71. The summed E-state index contributed by atoms with van der Waals surface area (Å²) in [6, 6.07) is 12.7. The molecule has 4 aromatic rings. The number of nitrogens with two attached hydrogens (primary N) is 1. The summed E-state index contributed by atoms with van der Waals surface area (Å²) >= 11 is 6.52. The van der Waals surface area contributed by atoms with Crippen LogP contribution < -0.4 is 15.8 Å². The molecule has 0 spiro atoms. The van der Waals surface area contributed by atoms with Gasteiger partial charge in [0.15, 0.2) is 0 Å². The van der Waals surface area contributed by atoms with Gasteiger partial charge in [0.1, 0.15) is 23.6 Å². The third-order valence-electron chi connectivity index (χ3n) is 6.37. The summed E-state index contributed by atoms with van der Waals surface area (Å²) in [7, 11) is 3.73. The summed E-state index contributed by atoms with van der Waals surface area (Å²) in [5.74, 6) is -0.163. The van der Waals surface area contributed by atoms with Gasteiger partial charge in [-0.3, -0.25) is 9.69 Å². The van der Waals surface area contributed by atoms with Gasteiger partial charge in [-0.2, -0.15) is 13.2 Å². The van der Waals surface area contributed by atoms with Crippen LogP contribution >= 0.6 is 11.6 Å². The fourth-order valence-corrected chi connectivity index (χ4v) is 4.56. The molecule has 220 valence electrons. The maximum Gasteiger partial charge on any atom is 0.416 e. The summed E-state index contributed by atoms with van der Waals surface area (Å²) in [5.41, 5.74) is 5.24. The fourth-order valence-electron chi connectivity index (χ4n) is 4.36. The zero-order valence-electron chi connectivity index (χ0n) is 23.2. The van der Waals surface area contributed by atoms with E-state index in [0.717, 1.165) is 17.7 Å². The third kappa shape index (κ3) is 7.17. The Kier molecular flexibility index (Phi) is 8.76. The molecule has 1 unspecified atom stereocenters. The second-order valence-electron chi connectivity index (χ2n) is 10.3. The van der Waals surface area contributed by atoms with Crippen LogP contribution in [0.2, 0.25) is 5.02 Å². The van der Waals surface area contributed by atoms with Crippen molar-refractivity contribution in [2.24, 2.45) is 5.73 Å². The summed E-state index contributed by atoms with van der Waals surface area (Å²) in [6.45, 7) is 3.11. The molecule has 0 bridgehead atoms. The largest absolute Gasteiger partial charge is 0.456 e. The molecule has 0 fully saturated rings. The van der Waals surface area contributed by atoms with Gasteiger partial charge >= 0.3 is 6.18 Å². The van der Waals surface area contributed by atoms with Gasteiger partial charge in [0, 0.05) is 22.7 Å². The number of aromatic nitrogens is 2. The number of likely N-dealkylation sites (N-methyl/N-ethyl adjacent to an activating group) is 1. The number of fused-ring (bicyclic) bond motifs is 1. The number of alkyl halides is 3. The lowest BCUT2D eigenvalue weighted by Crippen LogP contribution is -2.19. The number of carbonyl (C=O) groups excluding carboxylic acids is 1. The van der Waals surface area contributed by atoms with E-state index in [9.17, 15) is 23.1 Å². The van der Waals surface area contributed by atoms with E-state index in [4.69, 9.17) is 22.1 Å². The lowest BCUT2D eigenvalue weighted by atomic mass is 9.95. The minimum atomic E-state index is -4.54. The van der Waals surface area contributed by atoms with Gasteiger partial charge in [0.25, 0.3) is 0 Å². The molecule has 0 saturated heterocycles. The molecule has 3 aromatic carbocycles. The number of halogens is 4. The molecule has 4 rings (SSSR count). The number of hydrogen-bond donors (Lipinski definition) is 3. The van der Waals surface area contributed by atoms with Crippen molar-refractivity contribution in [1.82, 2.24) is 14.9 Å². The van der Waals surface area contributed by atoms with E-state index in [-0.39, 0.29) is 22.6 Å². The van der Waals surface area contributed by atoms with Gasteiger partial charge in [0.2, 0.25) is 5.91 Å². The standard InChI is InChI=1S/C30H29ClF3N5O3/c1-29(2,41)21-14-26(42-19-7-5-6-18(13-19)30(32,33)34)22(31)15-24(21)38-28-20-12-17(8-9-23(20)36-16-37-28)25(39(3)4)10-11-27(35)40/h5-16,25,41H,1-4H3,(H2,35,40)(H,36,37,38). The van der Waals surface area contributed by atoms with Crippen LogP contribution in [-0.2, 0) is 16.6 Å². The lowest BCUT2D eigenvalue weighted by Gasteiger charge is -2.24. The Morgan fingerprint density at radius 2 is 1.86 bits per heavy atom. The highest BCUT2D eigenvalue weighted by molar-refractivity contribution is 6.32. The van der Waals surface area contributed by atoms with Crippen LogP contribution in [0.5, 0.6) is 11.5 Å². The van der Waals surface area contributed by atoms with Gasteiger partial charge in [0.05, 0.1) is 27.7 Å². The van der Waals surface area contributed by atoms with Crippen molar-refractivity contribution < 1.29 is 27.8 Å². The smallest absolute Gasteiger partial charge is 0.416 e. The van der Waals surface area contributed by atoms with Gasteiger partial charge in [-0.15, -0.1) is 0 Å². The molecular weight excluding hydrogens is 571 g/mol. The topological polar surface area (TPSA) is 114 Å². The highest BCUT2D eigenvalue weighted by atomic mass is 35.5. The van der Waals surface area contributed by atoms with Crippen LogP contribution in [-0.4, -0.2) is 40.0 Å². The van der Waals surface area contributed by atoms with E-state index >= 15 is 0 Å². The number of aliphatic hydroxyl groups is 1. The number of anilines is 2. The van der Waals surface area contributed by atoms with Gasteiger partial charge in [-0.1, -0.05) is 29.8 Å². The van der Waals surface area contributed by atoms with E-state index < -0.39 is 23.2 Å². The first kappa shape index (κ1) is 30.8. The summed E-state index contributed by atoms with van der Waals surface area (Å²) in [5, 5.41) is 15.0. The Morgan fingerprint density at radius 3 is 2.50 bits per heavy atom. The Labute approximate surface area is 245 Å². The number of nitrogens with one attached hydrogen (secondary N) is 1. The SMILES string of the molecule is CN(C)C(C=CC(N)=O)c1ccc2ncnc(Nc3cc(Cl)c(Oc4cccc(C(F)(F)F)c4)cc3C(C)(C)O)c2c1. The Hall–Kier alpha value is -4.19. The second-order valence-corrected chi connectivity index (χ2v) is 10.7. The molecule has 0 aliphatic carbocycles. The molecular formula is C30H29ClF3N5O3. The quantitative estimate of drug-likeness (QED) is 0.183. The molecule has 1 amide bonds. The first-order valence-electron chi connectivity index (χ1n) is 12.7. The van der Waals surface area contributed by atoms with Crippen molar-refractivity contribution in [2.45, 2.75) is 31.7 Å². The normalized spacial score (nSPS) is 13.1. The van der Waals surface area contributed by atoms with Crippen molar-refractivity contribution in [3.8, 4) is 11.5 Å². The van der Waals surface area contributed by atoms with Crippen molar-refractivity contribution in [3.63, 3.8) is 0 Å². The van der Waals surface area contributed by atoms with Crippen molar-refractivity contribution in [1.29, 1.82) is 0 Å². The average Bonchev–Trinajstić information content (AvgIpc) is 2.89. The number of ether oxygens (including phenoxy) is 1. The molecule has 0 aliphatic heterocycles. The number of nitrogens with zero attached hydrogens (tertiary/aromatic N) is 3. The molecule has 1 heterocycles. The van der Waals surface area contributed by atoms with Crippen LogP contribution in [0.1, 0.15) is 36.6 Å². The first-order valence-corrected chi connectivity index (χ1v) is 13.1. The van der Waals surface area contributed by atoms with Crippen molar-refractivity contribution >= 4 is 39.9 Å². The van der Waals surface area contributed by atoms with Crippen molar-refractivity contribution in [3.05, 3.63) is 94.8 Å². The minimum Gasteiger partial charge on any atom is -0.456 e. The van der Waals surface area contributed by atoms with E-state index in [1.165, 1.54) is 36.7 Å². The molecule has 12 heteroatoms. The van der Waals surface area contributed by atoms with Crippen LogP contribution in [0.4, 0.5) is 24.7 Å². The summed E-state index contributed by atoms with van der Waals surface area (Å²) in [6.07, 6.45) is -0.164. The maximum atomic E-state index is 13.2. The number of amides is 1. The monoisotopic (exact) mass is 599 g/mol. The number of carbonyl (C=O) groups is 1. The van der Waals surface area contributed by atoms with Gasteiger partial charge in [-0.25, -0.2) is 9.97 Å². The highest BCUT2D eigenvalue weighted by Gasteiger charge is 2.31. The second kappa shape index (κ2) is 12.0. The Morgan fingerprint density at radius 1 is 1.12 bits per heavy atom. The van der Waals surface area contributed by atoms with Crippen LogP contribution in [0.15, 0.2) is 73.1 Å². The average molecular weight is 600 g/mol. The molecule has 1 aromatic heterocycles. The fraction of sp³-hybridized carbons (Fsp3) is 0.233. The number of hydrogen-bond acceptors (Lipinski definition) is 7. The Balaban J connectivity index is 1.76. The maximum absolute atomic E-state index is 13.2. The van der Waals surface area contributed by atoms with E-state index in [2.05, 4.69) is 15.3 Å². The Bertz CT molecular complexity index is 1650. The molecule has 0 saturated carbocycles. The highest BCUT2D eigenvalue weighted by Crippen LogP contribution is 2.41. The van der Waals surface area contributed by atoms with Crippen molar-refractivity contribution in [2.75, 3.05) is 19.4 Å². The lowest BCUT2D eigenvalue weighted by molar-refractivity contribution is -0.137. The predicted molar refractivity (Wildman–Crippen MR) is 156 cm³/mol. The van der Waals surface area contributed by atoms with Crippen LogP contribution in [0.3, 0.4) is 0 Å². The van der Waals surface area contributed by atoms with E-state index in [1.54, 1.807) is 19.9 Å². The molecule has 42 heavy (non-hydrogen) atoms. The first-order chi connectivity index (χ1) is 19.6. The van der Waals surface area contributed by atoms with E-state index in [0.29, 0.717) is 28.0 Å². The van der Waals surface area contributed by atoms with Crippen LogP contribution in [0.25, 0.3) is 10.9 Å². The van der Waals surface area contributed by atoms with Crippen LogP contribution in [0, 0.1) is 0 Å². The molecule has 1 atom stereocenters. The molecule has 4 N–H and O–H groups in total. The molecule has 0 aliphatic rings. The molecule has 8 nitrogen and oxygen atoms in total. The molecule has 0 radical (unpaired) electrons. The minimum absolute atomic E-state index is 0.0589. The van der Waals surface area contributed by atoms with Gasteiger partial charge < -0.3 is 20.9 Å². The number of benzene rings is 3. The number of rotatable bonds is 9. The van der Waals surface area contributed by atoms with Gasteiger partial charge in [-0.05, 0) is 76.0 Å². The van der Waals surface area contributed by atoms with E-state index in [1.807, 2.05) is 37.2 Å². The summed E-state index contributed by atoms with van der Waals surface area (Å²) in [4.78, 5) is 22.0. The third-order valence-corrected chi connectivity index (χ3v) is 6.67. The summed E-state index contributed by atoms with van der Waals surface area (Å²) < 4.78 is 45.3. The number of primary amides is 1. The zero-order valence-corrected chi connectivity index (χ0v) is 24.0. The zero-order chi connectivity index (χ0) is 30.8.